The summed E-state index contributed by atoms with van der Waals surface area (Å²) in [7, 11) is 3.79. The maximum absolute atomic E-state index is 10.6. The van der Waals surface area contributed by atoms with Crippen molar-refractivity contribution in [1.29, 1.82) is 0 Å². The minimum Gasteiger partial charge on any atom is -0.475 e. The van der Waals surface area contributed by atoms with Gasteiger partial charge >= 0.3 is 12.1 Å². The fourth-order valence-electron chi connectivity index (χ4n) is 4.77. The average Bonchev–Trinajstić information content (AvgIpc) is 3.43. The highest BCUT2D eigenvalue weighted by Gasteiger charge is 2.38. The first-order valence-electron chi connectivity index (χ1n) is 11.9. The van der Waals surface area contributed by atoms with Crippen molar-refractivity contribution in [3.05, 3.63) is 58.5 Å². The molecule has 3 heterocycles. The predicted octanol–water partition coefficient (Wildman–Crippen LogP) is 5.31. The number of aromatic nitrogens is 2. The third-order valence-corrected chi connectivity index (χ3v) is 6.09. The molecule has 0 saturated carbocycles. The standard InChI is InChI=1S/C24H32N4O2.C2HF3O2/c1-17-14-18(2)22(19(3)15-17)28-10-6-9-21-23(28)25-26(4)24(21)27(11-13-29-5)16-20-8-7-12-30-20;3-2(4,5)1(6)7/h7-8,12,14-15H,6,9-11,13,16H2,1-5H3;(H,6,7). The second-order valence-corrected chi connectivity index (χ2v) is 9.05. The largest absolute Gasteiger partial charge is 0.490 e. The molecular weight excluding hydrogens is 489 g/mol. The molecule has 0 fully saturated rings. The van der Waals surface area contributed by atoms with Crippen LogP contribution in [0.5, 0.6) is 0 Å². The van der Waals surface area contributed by atoms with E-state index in [-0.39, 0.29) is 0 Å². The van der Waals surface area contributed by atoms with Crippen LogP contribution in [0.25, 0.3) is 0 Å². The van der Waals surface area contributed by atoms with Crippen LogP contribution in [-0.2, 0) is 29.5 Å². The van der Waals surface area contributed by atoms with Gasteiger partial charge in [-0.3, -0.25) is 4.68 Å². The number of alkyl halides is 3. The molecule has 8 nitrogen and oxygen atoms in total. The van der Waals surface area contributed by atoms with Gasteiger partial charge in [-0.05, 0) is 56.9 Å². The van der Waals surface area contributed by atoms with Crippen molar-refractivity contribution in [3.8, 4) is 0 Å². The molecular formula is C26H33F3N4O4. The number of carboxylic acids is 1. The first kappa shape index (κ1) is 28.1. The van der Waals surface area contributed by atoms with Gasteiger partial charge in [-0.15, -0.1) is 0 Å². The Hall–Kier alpha value is -3.47. The van der Waals surface area contributed by atoms with Gasteiger partial charge in [0.25, 0.3) is 0 Å². The number of nitrogens with zero attached hydrogens (tertiary/aromatic N) is 4. The number of halogens is 3. The molecule has 202 valence electrons. The van der Waals surface area contributed by atoms with Crippen molar-refractivity contribution in [2.24, 2.45) is 7.05 Å². The lowest BCUT2D eigenvalue weighted by Gasteiger charge is -2.32. The number of methoxy groups -OCH3 is 1. The van der Waals surface area contributed by atoms with E-state index in [1.807, 2.05) is 23.9 Å². The summed E-state index contributed by atoms with van der Waals surface area (Å²) in [5.41, 5.74) is 6.52. The highest BCUT2D eigenvalue weighted by molar-refractivity contribution is 5.74. The van der Waals surface area contributed by atoms with Crippen LogP contribution in [0.15, 0.2) is 34.9 Å². The summed E-state index contributed by atoms with van der Waals surface area (Å²) in [6.45, 7) is 9.69. The number of hydrogen-bond acceptors (Lipinski definition) is 6. The SMILES string of the molecule is COCCN(Cc1ccco1)c1c2c(nn1C)N(c1c(C)cc(C)cc1C)CCC2.O=C(O)C(F)(F)F. The summed E-state index contributed by atoms with van der Waals surface area (Å²) < 4.78 is 44.8. The van der Waals surface area contributed by atoms with E-state index in [9.17, 15) is 13.2 Å². The van der Waals surface area contributed by atoms with Crippen LogP contribution >= 0.6 is 0 Å². The number of fused-ring (bicyclic) bond motifs is 1. The van der Waals surface area contributed by atoms with Crippen LogP contribution in [0, 0.1) is 20.8 Å². The lowest BCUT2D eigenvalue weighted by molar-refractivity contribution is -0.192. The molecule has 3 aromatic rings. The van der Waals surface area contributed by atoms with Gasteiger partial charge in [0.1, 0.15) is 11.6 Å². The molecule has 1 aliphatic rings. The first-order valence-corrected chi connectivity index (χ1v) is 11.9. The van der Waals surface area contributed by atoms with Crippen molar-refractivity contribution in [2.45, 2.75) is 46.3 Å². The van der Waals surface area contributed by atoms with Gasteiger partial charge in [0.15, 0.2) is 5.82 Å². The van der Waals surface area contributed by atoms with Crippen molar-refractivity contribution in [1.82, 2.24) is 9.78 Å². The summed E-state index contributed by atoms with van der Waals surface area (Å²) in [4.78, 5) is 13.6. The monoisotopic (exact) mass is 522 g/mol. The van der Waals surface area contributed by atoms with Gasteiger partial charge < -0.3 is 24.1 Å². The molecule has 0 atom stereocenters. The molecule has 11 heteroatoms. The maximum atomic E-state index is 10.6. The van der Waals surface area contributed by atoms with Crippen LogP contribution in [-0.4, -0.2) is 53.8 Å². The van der Waals surface area contributed by atoms with Crippen LogP contribution in [0.3, 0.4) is 0 Å². The van der Waals surface area contributed by atoms with Crippen molar-refractivity contribution in [3.63, 3.8) is 0 Å². The second-order valence-electron chi connectivity index (χ2n) is 9.05. The number of aliphatic carboxylic acids is 1. The molecule has 0 bridgehead atoms. The topological polar surface area (TPSA) is 84.0 Å². The number of anilines is 3. The fraction of sp³-hybridized carbons (Fsp3) is 0.462. The Morgan fingerprint density at radius 2 is 1.89 bits per heavy atom. The van der Waals surface area contributed by atoms with Crippen LogP contribution in [0.1, 0.15) is 34.4 Å². The molecule has 1 aliphatic heterocycles. The molecule has 0 spiro atoms. The molecule has 1 N–H and O–H groups in total. The zero-order chi connectivity index (χ0) is 27.3. The Labute approximate surface area is 214 Å². The molecule has 0 radical (unpaired) electrons. The van der Waals surface area contributed by atoms with E-state index >= 15 is 0 Å². The third-order valence-electron chi connectivity index (χ3n) is 6.09. The Kier molecular flexibility index (Phi) is 8.90. The van der Waals surface area contributed by atoms with E-state index in [0.717, 1.165) is 43.3 Å². The molecule has 0 saturated heterocycles. The average molecular weight is 523 g/mol. The Balaban J connectivity index is 0.000000479. The van der Waals surface area contributed by atoms with Gasteiger partial charge in [0, 0.05) is 38.5 Å². The summed E-state index contributed by atoms with van der Waals surface area (Å²) in [6.07, 6.45) is -1.22. The summed E-state index contributed by atoms with van der Waals surface area (Å²) in [5, 5.41) is 12.1. The molecule has 2 aromatic heterocycles. The zero-order valence-corrected chi connectivity index (χ0v) is 21.7. The minimum absolute atomic E-state index is 0.653. The lowest BCUT2D eigenvalue weighted by Crippen LogP contribution is -2.30. The number of furan rings is 1. The zero-order valence-electron chi connectivity index (χ0n) is 21.7. The predicted molar refractivity (Wildman–Crippen MR) is 135 cm³/mol. The van der Waals surface area contributed by atoms with E-state index in [1.165, 1.54) is 27.9 Å². The summed E-state index contributed by atoms with van der Waals surface area (Å²) >= 11 is 0. The highest BCUT2D eigenvalue weighted by Crippen LogP contribution is 2.41. The second kappa shape index (κ2) is 11.7. The smallest absolute Gasteiger partial charge is 0.475 e. The Bertz CT molecular complexity index is 1180. The molecule has 1 aromatic carbocycles. The molecule has 0 aliphatic carbocycles. The quantitative estimate of drug-likeness (QED) is 0.450. The van der Waals surface area contributed by atoms with E-state index in [0.29, 0.717) is 13.2 Å². The van der Waals surface area contributed by atoms with Crippen LogP contribution in [0.4, 0.5) is 30.5 Å². The maximum Gasteiger partial charge on any atom is 0.490 e. The van der Waals surface area contributed by atoms with Crippen molar-refractivity contribution < 1.29 is 32.2 Å². The van der Waals surface area contributed by atoms with Crippen molar-refractivity contribution in [2.75, 3.05) is 36.6 Å². The lowest BCUT2D eigenvalue weighted by atomic mass is 10.0. The minimum atomic E-state index is -5.08. The number of benzene rings is 1. The number of carbonyl (C=O) groups is 1. The van der Waals surface area contributed by atoms with E-state index in [1.54, 1.807) is 13.4 Å². The van der Waals surface area contributed by atoms with Gasteiger partial charge in [-0.25, -0.2) is 4.79 Å². The molecule has 0 amide bonds. The number of hydrogen-bond donors (Lipinski definition) is 1. The fourth-order valence-corrected chi connectivity index (χ4v) is 4.77. The summed E-state index contributed by atoms with van der Waals surface area (Å²) in [5.74, 6) is 0.424. The molecule has 0 unspecified atom stereocenters. The normalized spacial score (nSPS) is 13.1. The van der Waals surface area contributed by atoms with Gasteiger partial charge in [-0.1, -0.05) is 17.7 Å². The Morgan fingerprint density at radius 3 is 2.43 bits per heavy atom. The highest BCUT2D eigenvalue weighted by atomic mass is 19.4. The van der Waals surface area contributed by atoms with E-state index < -0.39 is 12.1 Å². The number of carboxylic acid groups (broad SMARTS) is 1. The Morgan fingerprint density at radius 1 is 1.24 bits per heavy atom. The summed E-state index contributed by atoms with van der Waals surface area (Å²) in [6, 6.07) is 8.49. The number of rotatable bonds is 7. The number of aryl methyl sites for hydroxylation is 4. The first-order chi connectivity index (χ1) is 17.4. The van der Waals surface area contributed by atoms with Crippen LogP contribution < -0.4 is 9.80 Å². The van der Waals surface area contributed by atoms with Crippen LogP contribution in [0.2, 0.25) is 0 Å². The van der Waals surface area contributed by atoms with E-state index in [2.05, 4.69) is 42.7 Å². The van der Waals surface area contributed by atoms with Crippen molar-refractivity contribution >= 4 is 23.3 Å². The van der Waals surface area contributed by atoms with Gasteiger partial charge in [0.05, 0.1) is 19.4 Å². The van der Waals surface area contributed by atoms with Gasteiger partial charge in [-0.2, -0.15) is 18.3 Å². The molecule has 37 heavy (non-hydrogen) atoms. The number of ether oxygens (including phenoxy) is 1. The molecule has 4 rings (SSSR count). The third kappa shape index (κ3) is 6.65. The van der Waals surface area contributed by atoms with Gasteiger partial charge in [0.2, 0.25) is 0 Å². The van der Waals surface area contributed by atoms with E-state index in [4.69, 9.17) is 24.2 Å².